The van der Waals surface area contributed by atoms with Gasteiger partial charge in [-0.05, 0) is 18.1 Å². The minimum Gasteiger partial charge on any atom is -0.366 e. The molecule has 0 radical (unpaired) electrons. The zero-order valence-corrected chi connectivity index (χ0v) is 13.2. The Bertz CT molecular complexity index is 500. The van der Waals surface area contributed by atoms with Gasteiger partial charge in [0, 0.05) is 32.2 Å². The Hall–Kier alpha value is -0.850. The molecule has 0 bridgehead atoms. The third-order valence-electron chi connectivity index (χ3n) is 2.82. The topological polar surface area (TPSA) is 62.3 Å². The Morgan fingerprint density at radius 3 is 2.37 bits per heavy atom. The van der Waals surface area contributed by atoms with Crippen molar-refractivity contribution in [2.75, 3.05) is 25.3 Å². The molecule has 1 aromatic rings. The van der Waals surface area contributed by atoms with Crippen molar-refractivity contribution < 1.29 is 8.42 Å². The van der Waals surface area contributed by atoms with Gasteiger partial charge in [-0.15, -0.1) is 11.6 Å². The Balaban J connectivity index is 2.89. The Morgan fingerprint density at radius 1 is 1.37 bits per heavy atom. The van der Waals surface area contributed by atoms with Gasteiger partial charge in [-0.1, -0.05) is 13.8 Å². The highest BCUT2D eigenvalue weighted by Gasteiger charge is 2.18. The first kappa shape index (κ1) is 16.2. The summed E-state index contributed by atoms with van der Waals surface area (Å²) in [5.41, 5.74) is 0. The van der Waals surface area contributed by atoms with Gasteiger partial charge in [0.1, 0.15) is 10.7 Å². The van der Waals surface area contributed by atoms with Crippen molar-refractivity contribution in [3.63, 3.8) is 0 Å². The number of sulfonamides is 1. The molecule has 1 unspecified atom stereocenters. The van der Waals surface area contributed by atoms with Crippen molar-refractivity contribution >= 4 is 27.4 Å². The lowest BCUT2D eigenvalue weighted by Gasteiger charge is -2.20. The molecule has 0 fully saturated rings. The van der Waals surface area contributed by atoms with Crippen LogP contribution in [0.3, 0.4) is 0 Å². The van der Waals surface area contributed by atoms with Crippen molar-refractivity contribution in [3.8, 4) is 0 Å². The van der Waals surface area contributed by atoms with Gasteiger partial charge < -0.3 is 5.32 Å². The zero-order chi connectivity index (χ0) is 14.6. The normalized spacial score (nSPS) is 13.8. The summed E-state index contributed by atoms with van der Waals surface area (Å²) >= 11 is 5.87. The van der Waals surface area contributed by atoms with E-state index < -0.39 is 10.0 Å². The summed E-state index contributed by atoms with van der Waals surface area (Å²) in [6.07, 6.45) is 1.35. The van der Waals surface area contributed by atoms with E-state index in [9.17, 15) is 8.42 Å². The predicted octanol–water partition coefficient (Wildman–Crippen LogP) is 2.01. The van der Waals surface area contributed by atoms with Gasteiger partial charge in [0.15, 0.2) is 0 Å². The molecule has 1 rings (SSSR count). The minimum atomic E-state index is -3.43. The Morgan fingerprint density at radius 2 is 2.00 bits per heavy atom. The summed E-state index contributed by atoms with van der Waals surface area (Å²) in [6.45, 7) is 4.12. The molecule has 0 aliphatic carbocycles. The van der Waals surface area contributed by atoms with E-state index in [4.69, 9.17) is 11.6 Å². The number of anilines is 1. The second-order valence-electron chi connectivity index (χ2n) is 4.82. The van der Waals surface area contributed by atoms with Crippen molar-refractivity contribution in [3.05, 3.63) is 18.3 Å². The fraction of sp³-hybridized carbons (Fsp3) is 0.583. The lowest BCUT2D eigenvalue weighted by Crippen LogP contribution is -2.28. The molecule has 1 atom stereocenters. The molecular formula is C12H20ClN3O2S. The van der Waals surface area contributed by atoms with Crippen molar-refractivity contribution in [2.45, 2.75) is 24.8 Å². The van der Waals surface area contributed by atoms with E-state index in [2.05, 4.69) is 24.1 Å². The van der Waals surface area contributed by atoms with Gasteiger partial charge in [-0.2, -0.15) is 0 Å². The average Bonchev–Trinajstić information content (AvgIpc) is 2.35. The monoisotopic (exact) mass is 305 g/mol. The SMILES string of the molecule is CC(C)C(CCl)Nc1ccc(S(=O)(=O)N(C)C)cn1. The number of nitrogens with one attached hydrogen (secondary N) is 1. The molecular weight excluding hydrogens is 286 g/mol. The summed E-state index contributed by atoms with van der Waals surface area (Å²) < 4.78 is 24.9. The van der Waals surface area contributed by atoms with Crippen LogP contribution >= 0.6 is 11.6 Å². The smallest absolute Gasteiger partial charge is 0.244 e. The molecule has 1 heterocycles. The van der Waals surface area contributed by atoms with Crippen LogP contribution in [0.4, 0.5) is 5.82 Å². The summed E-state index contributed by atoms with van der Waals surface area (Å²) in [5, 5.41) is 3.18. The van der Waals surface area contributed by atoms with Crippen LogP contribution in [0.5, 0.6) is 0 Å². The van der Waals surface area contributed by atoms with Crippen LogP contribution < -0.4 is 5.32 Å². The average molecular weight is 306 g/mol. The molecule has 1 aromatic heterocycles. The largest absolute Gasteiger partial charge is 0.366 e. The van der Waals surface area contributed by atoms with E-state index in [0.717, 1.165) is 4.31 Å². The molecule has 1 N–H and O–H groups in total. The maximum absolute atomic E-state index is 11.9. The van der Waals surface area contributed by atoms with Crippen molar-refractivity contribution in [1.29, 1.82) is 0 Å². The van der Waals surface area contributed by atoms with Crippen LogP contribution in [-0.2, 0) is 10.0 Å². The Kier molecular flexibility index (Phi) is 5.58. The molecule has 0 aromatic carbocycles. The van der Waals surface area contributed by atoms with Gasteiger partial charge >= 0.3 is 0 Å². The molecule has 0 amide bonds. The van der Waals surface area contributed by atoms with Crippen LogP contribution in [0.2, 0.25) is 0 Å². The van der Waals surface area contributed by atoms with Crippen LogP contribution in [0, 0.1) is 5.92 Å². The summed E-state index contributed by atoms with van der Waals surface area (Å²) in [5.74, 6) is 1.46. The number of rotatable bonds is 6. The zero-order valence-electron chi connectivity index (χ0n) is 11.6. The second-order valence-corrected chi connectivity index (χ2v) is 7.28. The van der Waals surface area contributed by atoms with E-state index in [1.165, 1.54) is 26.4 Å². The van der Waals surface area contributed by atoms with Crippen LogP contribution in [-0.4, -0.2) is 43.7 Å². The van der Waals surface area contributed by atoms with Gasteiger partial charge in [0.05, 0.1) is 0 Å². The van der Waals surface area contributed by atoms with Crippen LogP contribution in [0.25, 0.3) is 0 Å². The maximum atomic E-state index is 11.9. The van der Waals surface area contributed by atoms with E-state index >= 15 is 0 Å². The van der Waals surface area contributed by atoms with Crippen LogP contribution in [0.1, 0.15) is 13.8 Å². The van der Waals surface area contributed by atoms with Crippen LogP contribution in [0.15, 0.2) is 23.2 Å². The number of nitrogens with zero attached hydrogens (tertiary/aromatic N) is 2. The highest BCUT2D eigenvalue weighted by Crippen LogP contribution is 2.16. The third-order valence-corrected chi connectivity index (χ3v) is 4.95. The standard InChI is InChI=1S/C12H20ClN3O2S/c1-9(2)11(7-13)15-12-6-5-10(8-14-12)19(17,18)16(3)4/h5-6,8-9,11H,7H2,1-4H3,(H,14,15). The molecule has 0 aliphatic rings. The summed E-state index contributed by atoms with van der Waals surface area (Å²) in [7, 11) is -0.447. The highest BCUT2D eigenvalue weighted by molar-refractivity contribution is 7.89. The number of aromatic nitrogens is 1. The van der Waals surface area contributed by atoms with Gasteiger partial charge in [0.2, 0.25) is 10.0 Å². The lowest BCUT2D eigenvalue weighted by molar-refractivity contribution is 0.520. The first-order chi connectivity index (χ1) is 8.78. The number of halogens is 1. The third kappa shape index (κ3) is 4.06. The van der Waals surface area contributed by atoms with Gasteiger partial charge in [0.25, 0.3) is 0 Å². The van der Waals surface area contributed by atoms with Crippen molar-refractivity contribution in [2.24, 2.45) is 5.92 Å². The second kappa shape index (κ2) is 6.54. The number of hydrogen-bond acceptors (Lipinski definition) is 4. The minimum absolute atomic E-state index is 0.102. The molecule has 108 valence electrons. The number of pyridine rings is 1. The molecule has 5 nitrogen and oxygen atoms in total. The molecule has 0 spiro atoms. The van der Waals surface area contributed by atoms with E-state index in [1.807, 2.05) is 0 Å². The first-order valence-corrected chi connectivity index (χ1v) is 7.97. The highest BCUT2D eigenvalue weighted by atomic mass is 35.5. The fourth-order valence-corrected chi connectivity index (χ4v) is 2.68. The van der Waals surface area contributed by atoms with E-state index in [0.29, 0.717) is 17.6 Å². The molecule has 0 saturated heterocycles. The van der Waals surface area contributed by atoms with Gasteiger partial charge in [-0.25, -0.2) is 17.7 Å². The maximum Gasteiger partial charge on any atom is 0.244 e. The Labute approximate surface area is 120 Å². The molecule has 19 heavy (non-hydrogen) atoms. The number of alkyl halides is 1. The molecule has 0 aliphatic heterocycles. The lowest BCUT2D eigenvalue weighted by atomic mass is 10.1. The fourth-order valence-electron chi connectivity index (χ4n) is 1.40. The molecule has 0 saturated carbocycles. The van der Waals surface area contributed by atoms with Gasteiger partial charge in [-0.3, -0.25) is 0 Å². The quantitative estimate of drug-likeness (QED) is 0.817. The van der Waals surface area contributed by atoms with Crippen molar-refractivity contribution in [1.82, 2.24) is 9.29 Å². The first-order valence-electron chi connectivity index (χ1n) is 6.00. The molecule has 7 heteroatoms. The summed E-state index contributed by atoms with van der Waals surface area (Å²) in [4.78, 5) is 4.30. The van der Waals surface area contributed by atoms with E-state index in [-0.39, 0.29) is 10.9 Å². The van der Waals surface area contributed by atoms with E-state index in [1.54, 1.807) is 6.07 Å². The predicted molar refractivity (Wildman–Crippen MR) is 78.1 cm³/mol. The summed E-state index contributed by atoms with van der Waals surface area (Å²) in [6, 6.07) is 3.29. The number of hydrogen-bond donors (Lipinski definition) is 1.